The Labute approximate surface area is 95.6 Å². The molecule has 3 nitrogen and oxygen atoms in total. The quantitative estimate of drug-likeness (QED) is 0.393. The van der Waals surface area contributed by atoms with Crippen LogP contribution >= 0.6 is 45.2 Å². The number of rotatable bonds is 6. The standard InChI is InChI=1S/C6H14I2N2O/c1-9(5-3-7)11-10(2)6-4-8/h3-6H2,1-2H3. The van der Waals surface area contributed by atoms with E-state index in [1.165, 1.54) is 0 Å². The zero-order valence-corrected chi connectivity index (χ0v) is 11.2. The van der Waals surface area contributed by atoms with Crippen molar-refractivity contribution in [2.24, 2.45) is 0 Å². The van der Waals surface area contributed by atoms with Crippen LogP contribution in [0.2, 0.25) is 0 Å². The summed E-state index contributed by atoms with van der Waals surface area (Å²) in [5.41, 5.74) is 0. The van der Waals surface area contributed by atoms with Crippen molar-refractivity contribution in [1.82, 2.24) is 10.1 Å². The van der Waals surface area contributed by atoms with Gasteiger partial charge in [-0.15, -0.1) is 0 Å². The molecular weight excluding hydrogens is 370 g/mol. The lowest BCUT2D eigenvalue weighted by molar-refractivity contribution is -0.299. The zero-order valence-electron chi connectivity index (χ0n) is 6.89. The number of nitrogens with zero attached hydrogens (tertiary/aromatic N) is 2. The van der Waals surface area contributed by atoms with E-state index >= 15 is 0 Å². The second-order valence-corrected chi connectivity index (χ2v) is 4.32. The summed E-state index contributed by atoms with van der Waals surface area (Å²) in [5.74, 6) is 0. The van der Waals surface area contributed by atoms with Crippen molar-refractivity contribution in [1.29, 1.82) is 0 Å². The van der Waals surface area contributed by atoms with E-state index in [2.05, 4.69) is 45.2 Å². The molecule has 11 heavy (non-hydrogen) atoms. The molecule has 0 amide bonds. The van der Waals surface area contributed by atoms with Crippen LogP contribution in [0.1, 0.15) is 0 Å². The molecular formula is C6H14I2N2O. The van der Waals surface area contributed by atoms with Crippen LogP contribution in [0.4, 0.5) is 0 Å². The lowest BCUT2D eigenvalue weighted by atomic mass is 10.7. The summed E-state index contributed by atoms with van der Waals surface area (Å²) in [7, 11) is 3.89. The lowest BCUT2D eigenvalue weighted by Crippen LogP contribution is -2.32. The number of hydroxylamine groups is 4. The highest BCUT2D eigenvalue weighted by atomic mass is 127. The maximum absolute atomic E-state index is 5.39. The Bertz CT molecular complexity index is 84.7. The summed E-state index contributed by atoms with van der Waals surface area (Å²) in [6, 6.07) is 0. The van der Waals surface area contributed by atoms with Crippen molar-refractivity contribution >= 4 is 45.2 Å². The Morgan fingerprint density at radius 3 is 1.64 bits per heavy atom. The van der Waals surface area contributed by atoms with Crippen LogP contribution in [-0.4, -0.2) is 46.2 Å². The van der Waals surface area contributed by atoms with E-state index < -0.39 is 0 Å². The third kappa shape index (κ3) is 7.69. The molecule has 0 bridgehead atoms. The predicted molar refractivity (Wildman–Crippen MR) is 64.1 cm³/mol. The molecule has 0 unspecified atom stereocenters. The van der Waals surface area contributed by atoms with Crippen molar-refractivity contribution in [3.05, 3.63) is 0 Å². The molecule has 0 aromatic carbocycles. The van der Waals surface area contributed by atoms with E-state index in [1.807, 2.05) is 24.2 Å². The Morgan fingerprint density at radius 2 is 1.36 bits per heavy atom. The van der Waals surface area contributed by atoms with Gasteiger partial charge in [0.1, 0.15) is 0 Å². The highest BCUT2D eigenvalue weighted by molar-refractivity contribution is 14.1. The molecule has 0 atom stereocenters. The number of alkyl halides is 2. The average Bonchev–Trinajstić information content (AvgIpc) is 1.87. The summed E-state index contributed by atoms with van der Waals surface area (Å²) in [5, 5.41) is 3.69. The fraction of sp³-hybridized carbons (Fsp3) is 1.00. The van der Waals surface area contributed by atoms with Gasteiger partial charge in [0.25, 0.3) is 0 Å². The summed E-state index contributed by atoms with van der Waals surface area (Å²) < 4.78 is 2.18. The Kier molecular flexibility index (Phi) is 8.93. The smallest absolute Gasteiger partial charge is 0.0346 e. The van der Waals surface area contributed by atoms with Gasteiger partial charge in [-0.3, -0.25) is 0 Å². The topological polar surface area (TPSA) is 15.7 Å². The van der Waals surface area contributed by atoms with Crippen LogP contribution in [-0.2, 0) is 4.94 Å². The summed E-state index contributed by atoms with van der Waals surface area (Å²) in [4.78, 5) is 5.39. The molecule has 0 aliphatic carbocycles. The van der Waals surface area contributed by atoms with Crippen LogP contribution < -0.4 is 0 Å². The first kappa shape index (κ1) is 12.3. The summed E-state index contributed by atoms with van der Waals surface area (Å²) >= 11 is 4.66. The Morgan fingerprint density at radius 1 is 1.00 bits per heavy atom. The van der Waals surface area contributed by atoms with E-state index in [-0.39, 0.29) is 0 Å². The summed E-state index contributed by atoms with van der Waals surface area (Å²) in [6.45, 7) is 1.93. The Hall–Kier alpha value is 1.34. The SMILES string of the molecule is CN(CCI)ON(C)CCI. The number of halogens is 2. The van der Waals surface area contributed by atoms with E-state index in [1.54, 1.807) is 0 Å². The van der Waals surface area contributed by atoms with Gasteiger partial charge in [-0.25, -0.2) is 4.94 Å². The fourth-order valence-electron chi connectivity index (χ4n) is 0.558. The molecule has 0 heterocycles. The predicted octanol–water partition coefficient (Wildman–Crippen LogP) is 1.57. The first-order valence-corrected chi connectivity index (χ1v) is 6.48. The van der Waals surface area contributed by atoms with Crippen LogP contribution in [0, 0.1) is 0 Å². The molecule has 0 saturated carbocycles. The lowest BCUT2D eigenvalue weighted by Gasteiger charge is -2.21. The zero-order chi connectivity index (χ0) is 8.69. The van der Waals surface area contributed by atoms with Gasteiger partial charge in [-0.05, 0) is 0 Å². The second kappa shape index (κ2) is 7.96. The van der Waals surface area contributed by atoms with Crippen LogP contribution in [0.25, 0.3) is 0 Å². The Balaban J connectivity index is 3.32. The average molecular weight is 384 g/mol. The van der Waals surface area contributed by atoms with Crippen molar-refractivity contribution < 1.29 is 4.94 Å². The summed E-state index contributed by atoms with van der Waals surface area (Å²) in [6.07, 6.45) is 0. The molecule has 0 fully saturated rings. The number of hydrogen-bond donors (Lipinski definition) is 0. The molecule has 0 saturated heterocycles. The normalized spacial score (nSPS) is 11.5. The first-order valence-electron chi connectivity index (χ1n) is 3.43. The molecule has 0 aliphatic heterocycles. The second-order valence-electron chi connectivity index (χ2n) is 2.16. The minimum Gasteiger partial charge on any atom is -0.209 e. The molecule has 5 heteroatoms. The van der Waals surface area contributed by atoms with Crippen LogP contribution in [0.15, 0.2) is 0 Å². The first-order chi connectivity index (χ1) is 5.20. The van der Waals surface area contributed by atoms with Gasteiger partial charge in [0, 0.05) is 36.0 Å². The van der Waals surface area contributed by atoms with Crippen molar-refractivity contribution in [3.63, 3.8) is 0 Å². The third-order valence-electron chi connectivity index (χ3n) is 1.08. The van der Waals surface area contributed by atoms with Gasteiger partial charge in [0.05, 0.1) is 0 Å². The molecule has 0 radical (unpaired) electrons. The largest absolute Gasteiger partial charge is 0.209 e. The fourth-order valence-corrected chi connectivity index (χ4v) is 1.92. The maximum atomic E-state index is 5.39. The molecule has 68 valence electrons. The van der Waals surface area contributed by atoms with Gasteiger partial charge in [-0.2, -0.15) is 10.1 Å². The highest BCUT2D eigenvalue weighted by Crippen LogP contribution is 1.94. The molecule has 0 N–H and O–H groups in total. The van der Waals surface area contributed by atoms with Crippen molar-refractivity contribution in [2.45, 2.75) is 0 Å². The van der Waals surface area contributed by atoms with Gasteiger partial charge in [0.2, 0.25) is 0 Å². The van der Waals surface area contributed by atoms with Crippen LogP contribution in [0.5, 0.6) is 0 Å². The monoisotopic (exact) mass is 384 g/mol. The minimum absolute atomic E-state index is 0.964. The van der Waals surface area contributed by atoms with Gasteiger partial charge < -0.3 is 0 Å². The third-order valence-corrected chi connectivity index (χ3v) is 2.04. The van der Waals surface area contributed by atoms with Crippen molar-refractivity contribution in [2.75, 3.05) is 36.0 Å². The van der Waals surface area contributed by atoms with Gasteiger partial charge in [0.15, 0.2) is 0 Å². The van der Waals surface area contributed by atoms with E-state index in [0.29, 0.717) is 0 Å². The van der Waals surface area contributed by atoms with Gasteiger partial charge >= 0.3 is 0 Å². The molecule has 0 rings (SSSR count). The van der Waals surface area contributed by atoms with E-state index in [0.717, 1.165) is 21.9 Å². The maximum Gasteiger partial charge on any atom is 0.0346 e. The molecule has 0 aromatic heterocycles. The molecule has 0 spiro atoms. The molecule has 0 aromatic rings. The van der Waals surface area contributed by atoms with Gasteiger partial charge in [-0.1, -0.05) is 45.2 Å². The number of hydrogen-bond acceptors (Lipinski definition) is 3. The van der Waals surface area contributed by atoms with Crippen LogP contribution in [0.3, 0.4) is 0 Å². The highest BCUT2D eigenvalue weighted by Gasteiger charge is 2.01. The van der Waals surface area contributed by atoms with E-state index in [4.69, 9.17) is 4.94 Å². The minimum atomic E-state index is 0.964. The van der Waals surface area contributed by atoms with E-state index in [9.17, 15) is 0 Å². The van der Waals surface area contributed by atoms with Crippen molar-refractivity contribution in [3.8, 4) is 0 Å². The molecule has 0 aliphatic rings.